The molecule has 1 atom stereocenters. The molecule has 0 fully saturated rings. The third-order valence-electron chi connectivity index (χ3n) is 2.52. The van der Waals surface area contributed by atoms with Crippen LogP contribution in [0.25, 0.3) is 0 Å². The molecule has 0 bridgehead atoms. The van der Waals surface area contributed by atoms with Crippen LogP contribution in [-0.4, -0.2) is 41.4 Å². The minimum absolute atomic E-state index is 0.0483. The predicted molar refractivity (Wildman–Crippen MR) is 66.9 cm³/mol. The molecule has 7 nitrogen and oxygen atoms in total. The largest absolute Gasteiger partial charge is 0.433 e. The number of methoxy groups -OCH3 is 1. The molecule has 0 saturated heterocycles. The fourth-order valence-corrected chi connectivity index (χ4v) is 1.54. The second kappa shape index (κ2) is 7.18. The minimum atomic E-state index is -4.69. The number of aromatic nitrogens is 1. The molecule has 0 amide bonds. The number of ether oxygens (including phenoxy) is 1. The van der Waals surface area contributed by atoms with Crippen molar-refractivity contribution in [2.24, 2.45) is 0 Å². The molecule has 21 heavy (non-hydrogen) atoms. The van der Waals surface area contributed by atoms with Crippen LogP contribution in [-0.2, 0) is 10.9 Å². The molecule has 1 unspecified atom stereocenters. The molecule has 118 valence electrons. The van der Waals surface area contributed by atoms with Crippen molar-refractivity contribution in [2.45, 2.75) is 18.7 Å². The first-order valence-corrected chi connectivity index (χ1v) is 5.88. The van der Waals surface area contributed by atoms with Crippen molar-refractivity contribution in [1.29, 1.82) is 0 Å². The van der Waals surface area contributed by atoms with Gasteiger partial charge < -0.3 is 15.2 Å². The number of hydrogen-bond donors (Lipinski definition) is 2. The zero-order chi connectivity index (χ0) is 16.0. The highest BCUT2D eigenvalue weighted by atomic mass is 19.4. The number of aliphatic hydroxyl groups is 1. The summed E-state index contributed by atoms with van der Waals surface area (Å²) in [5.74, 6) is 0. The first kappa shape index (κ1) is 17.1. The van der Waals surface area contributed by atoms with Crippen LogP contribution in [0.4, 0.5) is 24.5 Å². The third-order valence-corrected chi connectivity index (χ3v) is 2.52. The Morgan fingerprint density at radius 3 is 2.76 bits per heavy atom. The van der Waals surface area contributed by atoms with E-state index in [1.54, 1.807) is 0 Å². The Morgan fingerprint density at radius 1 is 1.57 bits per heavy atom. The van der Waals surface area contributed by atoms with Crippen LogP contribution < -0.4 is 5.32 Å². The number of rotatable bonds is 7. The van der Waals surface area contributed by atoms with Gasteiger partial charge in [-0.2, -0.15) is 13.2 Å². The van der Waals surface area contributed by atoms with Crippen LogP contribution in [0, 0.1) is 10.1 Å². The molecule has 0 aliphatic heterocycles. The lowest BCUT2D eigenvalue weighted by molar-refractivity contribution is -0.384. The van der Waals surface area contributed by atoms with Crippen LogP contribution in [0.3, 0.4) is 0 Å². The number of halogens is 3. The summed E-state index contributed by atoms with van der Waals surface area (Å²) in [6, 6.07) is 0.570. The molecule has 0 aliphatic carbocycles. The summed E-state index contributed by atoms with van der Waals surface area (Å²) in [5, 5.41) is 22.7. The van der Waals surface area contributed by atoms with Crippen LogP contribution in [0.1, 0.15) is 12.1 Å². The van der Waals surface area contributed by atoms with Gasteiger partial charge in [-0.1, -0.05) is 0 Å². The van der Waals surface area contributed by atoms with Gasteiger partial charge in [0.2, 0.25) is 0 Å². The number of pyridine rings is 1. The maximum Gasteiger partial charge on any atom is 0.433 e. The summed E-state index contributed by atoms with van der Waals surface area (Å²) >= 11 is 0. The Bertz CT molecular complexity index is 496. The van der Waals surface area contributed by atoms with Crippen molar-refractivity contribution >= 4 is 11.4 Å². The van der Waals surface area contributed by atoms with E-state index in [0.29, 0.717) is 12.3 Å². The lowest BCUT2D eigenvalue weighted by atomic mass is 10.2. The van der Waals surface area contributed by atoms with E-state index in [2.05, 4.69) is 15.0 Å². The zero-order valence-electron chi connectivity index (χ0n) is 11.1. The van der Waals surface area contributed by atoms with Gasteiger partial charge in [-0.3, -0.25) is 10.1 Å². The molecule has 0 spiro atoms. The standard InChI is InChI=1S/C11H14F3N3O4/c1-21-6-7(18)2-3-15-8-4-10(11(12,13)14)16-5-9(8)17(19)20/h4-5,7,18H,2-3,6H2,1H3,(H,15,16). The first-order chi connectivity index (χ1) is 9.75. The summed E-state index contributed by atoms with van der Waals surface area (Å²) in [6.07, 6.45) is -4.79. The molecule has 0 aromatic carbocycles. The van der Waals surface area contributed by atoms with E-state index < -0.39 is 28.6 Å². The van der Waals surface area contributed by atoms with Crippen molar-refractivity contribution in [1.82, 2.24) is 4.98 Å². The van der Waals surface area contributed by atoms with Gasteiger partial charge >= 0.3 is 11.9 Å². The normalized spacial score (nSPS) is 13.0. The highest BCUT2D eigenvalue weighted by Gasteiger charge is 2.34. The summed E-state index contributed by atoms with van der Waals surface area (Å²) in [5.41, 5.74) is -2.09. The Morgan fingerprint density at radius 2 is 2.24 bits per heavy atom. The maximum absolute atomic E-state index is 12.5. The maximum atomic E-state index is 12.5. The highest BCUT2D eigenvalue weighted by molar-refractivity contribution is 5.61. The molecule has 10 heteroatoms. The quantitative estimate of drug-likeness (QED) is 0.589. The smallest absolute Gasteiger partial charge is 0.391 e. The Balaban J connectivity index is 2.84. The van der Waals surface area contributed by atoms with Gasteiger partial charge in [-0.25, -0.2) is 4.98 Å². The van der Waals surface area contributed by atoms with Gasteiger partial charge in [0.25, 0.3) is 0 Å². The Kier molecular flexibility index (Phi) is 5.85. The number of hydrogen-bond acceptors (Lipinski definition) is 6. The monoisotopic (exact) mass is 309 g/mol. The molecule has 1 rings (SSSR count). The van der Waals surface area contributed by atoms with E-state index >= 15 is 0 Å². The van der Waals surface area contributed by atoms with Crippen molar-refractivity contribution in [3.63, 3.8) is 0 Å². The lowest BCUT2D eigenvalue weighted by Crippen LogP contribution is -2.19. The van der Waals surface area contributed by atoms with Gasteiger partial charge in [-0.15, -0.1) is 0 Å². The number of nitro groups is 1. The summed E-state index contributed by atoms with van der Waals surface area (Å²) in [4.78, 5) is 13.0. The van der Waals surface area contributed by atoms with Gasteiger partial charge in [0.1, 0.15) is 17.6 Å². The van der Waals surface area contributed by atoms with Gasteiger partial charge in [0.15, 0.2) is 0 Å². The molecular weight excluding hydrogens is 295 g/mol. The van der Waals surface area contributed by atoms with Crippen LogP contribution in [0.5, 0.6) is 0 Å². The number of alkyl halides is 3. The third kappa shape index (κ3) is 5.16. The van der Waals surface area contributed by atoms with E-state index in [1.807, 2.05) is 0 Å². The number of aliphatic hydroxyl groups excluding tert-OH is 1. The van der Waals surface area contributed by atoms with E-state index in [1.165, 1.54) is 7.11 Å². The summed E-state index contributed by atoms with van der Waals surface area (Å²) in [6.45, 7) is 0.112. The van der Waals surface area contributed by atoms with Crippen molar-refractivity contribution in [3.8, 4) is 0 Å². The topological polar surface area (TPSA) is 97.5 Å². The second-order valence-corrected chi connectivity index (χ2v) is 4.17. The molecule has 1 heterocycles. The number of nitrogens with zero attached hydrogens (tertiary/aromatic N) is 2. The average molecular weight is 309 g/mol. The fraction of sp³-hybridized carbons (Fsp3) is 0.545. The molecule has 0 radical (unpaired) electrons. The number of anilines is 1. The van der Waals surface area contributed by atoms with Crippen LogP contribution >= 0.6 is 0 Å². The minimum Gasteiger partial charge on any atom is -0.391 e. The van der Waals surface area contributed by atoms with E-state index in [0.717, 1.165) is 0 Å². The van der Waals surface area contributed by atoms with E-state index in [9.17, 15) is 28.4 Å². The molecule has 1 aromatic rings. The van der Waals surface area contributed by atoms with Crippen molar-refractivity contribution < 1.29 is 27.9 Å². The van der Waals surface area contributed by atoms with Crippen molar-refractivity contribution in [3.05, 3.63) is 28.1 Å². The molecule has 0 aliphatic rings. The van der Waals surface area contributed by atoms with Gasteiger partial charge in [0.05, 0.1) is 17.6 Å². The predicted octanol–water partition coefficient (Wildman–Crippen LogP) is 1.82. The lowest BCUT2D eigenvalue weighted by Gasteiger charge is -2.12. The van der Waals surface area contributed by atoms with Crippen LogP contribution in [0.15, 0.2) is 12.3 Å². The zero-order valence-corrected chi connectivity index (χ0v) is 11.1. The van der Waals surface area contributed by atoms with Crippen molar-refractivity contribution in [2.75, 3.05) is 25.6 Å². The molecule has 0 saturated carbocycles. The van der Waals surface area contributed by atoms with Crippen LogP contribution in [0.2, 0.25) is 0 Å². The average Bonchev–Trinajstić information content (AvgIpc) is 2.37. The van der Waals surface area contributed by atoms with E-state index in [4.69, 9.17) is 0 Å². The summed E-state index contributed by atoms with van der Waals surface area (Å²) < 4.78 is 42.3. The Hall–Kier alpha value is -1.94. The second-order valence-electron chi connectivity index (χ2n) is 4.17. The molecule has 2 N–H and O–H groups in total. The first-order valence-electron chi connectivity index (χ1n) is 5.88. The van der Waals surface area contributed by atoms with Gasteiger partial charge in [-0.05, 0) is 12.5 Å². The number of nitrogens with one attached hydrogen (secondary N) is 1. The van der Waals surface area contributed by atoms with E-state index in [-0.39, 0.29) is 25.3 Å². The van der Waals surface area contributed by atoms with Gasteiger partial charge in [0, 0.05) is 13.7 Å². The molecular formula is C11H14F3N3O4. The highest BCUT2D eigenvalue weighted by Crippen LogP contribution is 2.32. The SMILES string of the molecule is COCC(O)CCNc1cc(C(F)(F)F)ncc1[N+](=O)[O-]. The molecule has 1 aromatic heterocycles. The fourth-order valence-electron chi connectivity index (χ4n) is 1.54. The Labute approximate surface area is 117 Å². The summed E-state index contributed by atoms with van der Waals surface area (Å²) in [7, 11) is 1.39.